The molecule has 0 aromatic heterocycles. The van der Waals surface area contributed by atoms with Crippen LogP contribution in [0.5, 0.6) is 0 Å². The summed E-state index contributed by atoms with van der Waals surface area (Å²) in [5.41, 5.74) is 0. The van der Waals surface area contributed by atoms with E-state index in [1.54, 1.807) is 7.05 Å². The van der Waals surface area contributed by atoms with Crippen molar-refractivity contribution in [3.05, 3.63) is 0 Å². The first-order chi connectivity index (χ1) is 6.33. The summed E-state index contributed by atoms with van der Waals surface area (Å²) in [5.74, 6) is 4.38. The van der Waals surface area contributed by atoms with Gasteiger partial charge < -0.3 is 9.04 Å². The lowest BCUT2D eigenvalue weighted by atomic mass is 10.4. The van der Waals surface area contributed by atoms with Crippen LogP contribution in [0.1, 0.15) is 0 Å². The summed E-state index contributed by atoms with van der Waals surface area (Å²) in [6.45, 7) is 0.791. The van der Waals surface area contributed by atoms with Gasteiger partial charge in [-0.2, -0.15) is 0 Å². The zero-order chi connectivity index (χ0) is 11.2. The third kappa shape index (κ3) is 5.60. The van der Waals surface area contributed by atoms with Crippen LogP contribution < -0.4 is 0 Å². The van der Waals surface area contributed by atoms with Gasteiger partial charge in [0.25, 0.3) is 0 Å². The number of quaternary nitrogens is 1. The molecule has 0 aromatic carbocycles. The molecule has 0 N–H and O–H groups in total. The Labute approximate surface area is 85.3 Å². The first-order valence-corrected chi connectivity index (χ1v) is 5.55. The Morgan fingerprint density at radius 3 is 2.00 bits per heavy atom. The minimum atomic E-state index is -4.20. The van der Waals surface area contributed by atoms with Gasteiger partial charge in [0.2, 0.25) is 0 Å². The average molecular weight is 215 g/mol. The number of terminal acetylenes is 2. The molecule has 0 unspecified atom stereocenters. The van der Waals surface area contributed by atoms with Crippen LogP contribution in [0.4, 0.5) is 0 Å². The standard InChI is InChI=1S/C9H13NO3S/c1-4-6-10(3,7-5-2)8-9-14(11,12)13/h1-2H,6-9H2,3H3. The molecular formula is C9H13NO3S. The fourth-order valence-electron chi connectivity index (χ4n) is 0.987. The maximum absolute atomic E-state index is 10.4. The molecule has 0 aliphatic heterocycles. The zero-order valence-corrected chi connectivity index (χ0v) is 8.88. The van der Waals surface area contributed by atoms with Gasteiger partial charge in [-0.1, -0.05) is 0 Å². The fraction of sp³-hybridized carbons (Fsp3) is 0.556. The molecule has 0 rings (SSSR count). The zero-order valence-electron chi connectivity index (χ0n) is 8.06. The molecule has 0 saturated carbocycles. The van der Waals surface area contributed by atoms with Gasteiger partial charge in [0, 0.05) is 0 Å². The van der Waals surface area contributed by atoms with Crippen LogP contribution in [0, 0.1) is 24.7 Å². The lowest BCUT2D eigenvalue weighted by Gasteiger charge is -2.30. The third-order valence-electron chi connectivity index (χ3n) is 1.83. The molecule has 78 valence electrons. The normalized spacial score (nSPS) is 11.7. The van der Waals surface area contributed by atoms with Crippen molar-refractivity contribution in [2.24, 2.45) is 0 Å². The van der Waals surface area contributed by atoms with Crippen molar-refractivity contribution in [1.82, 2.24) is 0 Å². The van der Waals surface area contributed by atoms with Crippen molar-refractivity contribution in [2.45, 2.75) is 0 Å². The van der Waals surface area contributed by atoms with Crippen molar-refractivity contribution in [3.8, 4) is 24.7 Å². The molecule has 0 bridgehead atoms. The summed E-state index contributed by atoms with van der Waals surface area (Å²) >= 11 is 0. The Hall–Kier alpha value is -1.01. The van der Waals surface area contributed by atoms with Crippen LogP contribution in [-0.4, -0.2) is 49.9 Å². The second-order valence-electron chi connectivity index (χ2n) is 3.33. The van der Waals surface area contributed by atoms with E-state index in [4.69, 9.17) is 12.8 Å². The number of nitrogens with zero attached hydrogens (tertiary/aromatic N) is 1. The van der Waals surface area contributed by atoms with Gasteiger partial charge in [0.1, 0.15) is 23.2 Å². The predicted molar refractivity (Wildman–Crippen MR) is 53.0 cm³/mol. The SMILES string of the molecule is C#CC[N+](C)(CC#C)CCS(=O)(=O)[O-]. The highest BCUT2D eigenvalue weighted by molar-refractivity contribution is 7.85. The first kappa shape index (κ1) is 13.0. The van der Waals surface area contributed by atoms with Crippen molar-refractivity contribution < 1.29 is 17.5 Å². The molecule has 0 aliphatic rings. The van der Waals surface area contributed by atoms with E-state index in [1.165, 1.54) is 0 Å². The minimum absolute atomic E-state index is 0.153. The van der Waals surface area contributed by atoms with Gasteiger partial charge in [-0.05, 0) is 11.8 Å². The number of hydrogen-bond acceptors (Lipinski definition) is 3. The van der Waals surface area contributed by atoms with Gasteiger partial charge in [-0.15, -0.1) is 12.8 Å². The van der Waals surface area contributed by atoms with Crippen LogP contribution >= 0.6 is 0 Å². The molecule has 0 saturated heterocycles. The van der Waals surface area contributed by atoms with Crippen LogP contribution in [0.15, 0.2) is 0 Å². The van der Waals surface area contributed by atoms with Gasteiger partial charge >= 0.3 is 0 Å². The molecule has 0 heterocycles. The summed E-state index contributed by atoms with van der Waals surface area (Å²) in [5, 5.41) is 0. The summed E-state index contributed by atoms with van der Waals surface area (Å²) in [4.78, 5) is 0. The summed E-state index contributed by atoms with van der Waals surface area (Å²) in [6, 6.07) is 0. The molecule has 0 radical (unpaired) electrons. The monoisotopic (exact) mass is 215 g/mol. The Morgan fingerprint density at radius 2 is 1.71 bits per heavy atom. The van der Waals surface area contributed by atoms with E-state index in [0.29, 0.717) is 13.1 Å². The smallest absolute Gasteiger partial charge is 0.141 e. The van der Waals surface area contributed by atoms with E-state index in [-0.39, 0.29) is 11.0 Å². The van der Waals surface area contributed by atoms with Crippen LogP contribution in [0.2, 0.25) is 0 Å². The van der Waals surface area contributed by atoms with Gasteiger partial charge in [0.05, 0.1) is 19.3 Å². The van der Waals surface area contributed by atoms with E-state index in [2.05, 4.69) is 11.8 Å². The van der Waals surface area contributed by atoms with Crippen molar-refractivity contribution >= 4 is 10.1 Å². The van der Waals surface area contributed by atoms with Crippen LogP contribution in [0.25, 0.3) is 0 Å². The maximum Gasteiger partial charge on any atom is 0.141 e. The van der Waals surface area contributed by atoms with Crippen LogP contribution in [0.3, 0.4) is 0 Å². The van der Waals surface area contributed by atoms with Crippen molar-refractivity contribution in [2.75, 3.05) is 32.4 Å². The summed E-state index contributed by atoms with van der Waals surface area (Å²) in [6.07, 6.45) is 10.2. The second kappa shape index (κ2) is 5.02. The van der Waals surface area contributed by atoms with E-state index in [9.17, 15) is 13.0 Å². The van der Waals surface area contributed by atoms with E-state index in [1.807, 2.05) is 0 Å². The van der Waals surface area contributed by atoms with Gasteiger partial charge in [0.15, 0.2) is 0 Å². The number of rotatable bonds is 5. The largest absolute Gasteiger partial charge is 0.748 e. The summed E-state index contributed by atoms with van der Waals surface area (Å²) in [7, 11) is -2.47. The van der Waals surface area contributed by atoms with Crippen molar-refractivity contribution in [1.29, 1.82) is 0 Å². The Balaban J connectivity index is 4.41. The second-order valence-corrected chi connectivity index (χ2v) is 4.85. The molecular weight excluding hydrogens is 202 g/mol. The molecule has 5 heteroatoms. The van der Waals surface area contributed by atoms with E-state index < -0.39 is 15.9 Å². The Kier molecular flexibility index (Phi) is 4.65. The molecule has 0 amide bonds. The highest BCUT2D eigenvalue weighted by Crippen LogP contribution is 2.01. The topological polar surface area (TPSA) is 57.2 Å². The first-order valence-electron chi connectivity index (χ1n) is 3.97. The quantitative estimate of drug-likeness (QED) is 0.344. The van der Waals surface area contributed by atoms with Crippen molar-refractivity contribution in [3.63, 3.8) is 0 Å². The molecule has 0 aromatic rings. The highest BCUT2D eigenvalue weighted by atomic mass is 32.2. The van der Waals surface area contributed by atoms with E-state index >= 15 is 0 Å². The molecule has 0 aliphatic carbocycles. The minimum Gasteiger partial charge on any atom is -0.748 e. The Morgan fingerprint density at radius 1 is 1.29 bits per heavy atom. The Bertz CT molecular complexity index is 342. The average Bonchev–Trinajstić information content (AvgIpc) is 2.01. The molecule has 0 atom stereocenters. The molecule has 0 fully saturated rings. The third-order valence-corrected chi connectivity index (χ3v) is 2.51. The molecule has 14 heavy (non-hydrogen) atoms. The number of hydrogen-bond donors (Lipinski definition) is 0. The van der Waals surface area contributed by atoms with Crippen LogP contribution in [-0.2, 0) is 10.1 Å². The lowest BCUT2D eigenvalue weighted by Crippen LogP contribution is -2.47. The predicted octanol–water partition coefficient (Wildman–Crippen LogP) is -0.755. The van der Waals surface area contributed by atoms with E-state index in [0.717, 1.165) is 0 Å². The fourth-order valence-corrected chi connectivity index (χ4v) is 1.65. The summed E-state index contributed by atoms with van der Waals surface area (Å²) < 4.78 is 31.5. The molecule has 0 spiro atoms. The van der Waals surface area contributed by atoms with Gasteiger partial charge in [-0.3, -0.25) is 0 Å². The molecule has 4 nitrogen and oxygen atoms in total. The highest BCUT2D eigenvalue weighted by Gasteiger charge is 2.19. The lowest BCUT2D eigenvalue weighted by molar-refractivity contribution is -0.893. The maximum atomic E-state index is 10.4. The van der Waals surface area contributed by atoms with Gasteiger partial charge in [-0.25, -0.2) is 8.42 Å².